The van der Waals surface area contributed by atoms with Crippen molar-refractivity contribution < 1.29 is 24.9 Å². The van der Waals surface area contributed by atoms with Gasteiger partial charge in [0.25, 0.3) is 0 Å². The van der Waals surface area contributed by atoms with Crippen LogP contribution >= 0.6 is 0 Å². The summed E-state index contributed by atoms with van der Waals surface area (Å²) in [6.07, 6.45) is 0. The first-order valence-electron chi connectivity index (χ1n) is 6.09. The molecule has 0 aliphatic heterocycles. The van der Waals surface area contributed by atoms with Gasteiger partial charge in [0.1, 0.15) is 0 Å². The Morgan fingerprint density at radius 3 is 2.15 bits per heavy atom. The molecule has 7 heteroatoms. The van der Waals surface area contributed by atoms with Crippen LogP contribution in [0.4, 0.5) is 10.5 Å². The van der Waals surface area contributed by atoms with Crippen LogP contribution in [0.3, 0.4) is 0 Å². The van der Waals surface area contributed by atoms with E-state index in [1.54, 1.807) is 12.1 Å². The summed E-state index contributed by atoms with van der Waals surface area (Å²) in [6, 6.07) is 5.65. The van der Waals surface area contributed by atoms with Crippen molar-refractivity contribution in [1.82, 2.24) is 4.90 Å². The summed E-state index contributed by atoms with van der Waals surface area (Å²) < 4.78 is 0. The van der Waals surface area contributed by atoms with E-state index in [9.17, 15) is 9.59 Å². The molecule has 2 amide bonds. The van der Waals surface area contributed by atoms with Gasteiger partial charge in [0, 0.05) is 20.1 Å². The number of carbonyl (C=O) groups is 2. The van der Waals surface area contributed by atoms with Crippen LogP contribution in [0.5, 0.6) is 0 Å². The molecule has 0 aromatic heterocycles. The number of aliphatic hydroxyl groups is 2. The number of anilines is 1. The fraction of sp³-hybridized carbons (Fsp3) is 0.385. The third kappa shape index (κ3) is 3.69. The molecule has 3 N–H and O–H groups in total. The predicted octanol–water partition coefficient (Wildman–Crippen LogP) is 0.228. The van der Waals surface area contributed by atoms with Crippen molar-refractivity contribution in [3.8, 4) is 0 Å². The Morgan fingerprint density at radius 2 is 1.65 bits per heavy atom. The van der Waals surface area contributed by atoms with Crippen molar-refractivity contribution in [1.29, 1.82) is 0 Å². The van der Waals surface area contributed by atoms with Crippen LogP contribution in [-0.4, -0.2) is 65.6 Å². The molecule has 110 valence electrons. The minimum atomic E-state index is -1.13. The fourth-order valence-electron chi connectivity index (χ4n) is 1.81. The van der Waals surface area contributed by atoms with Gasteiger partial charge >= 0.3 is 12.0 Å². The quantitative estimate of drug-likeness (QED) is 0.693. The molecular formula is C13H18N2O5. The average molecular weight is 282 g/mol. The highest BCUT2D eigenvalue weighted by atomic mass is 16.4. The van der Waals surface area contributed by atoms with Crippen molar-refractivity contribution in [2.24, 2.45) is 0 Å². The molecule has 0 heterocycles. The van der Waals surface area contributed by atoms with E-state index in [1.807, 2.05) is 0 Å². The lowest BCUT2D eigenvalue weighted by molar-refractivity contribution is 0.0697. The average Bonchev–Trinajstić information content (AvgIpc) is 2.45. The van der Waals surface area contributed by atoms with Gasteiger partial charge in [0.15, 0.2) is 0 Å². The van der Waals surface area contributed by atoms with Crippen LogP contribution in [0.1, 0.15) is 10.4 Å². The number of nitrogens with zero attached hydrogens (tertiary/aromatic N) is 2. The second kappa shape index (κ2) is 7.46. The zero-order chi connectivity index (χ0) is 15.1. The molecule has 0 aliphatic carbocycles. The lowest BCUT2D eigenvalue weighted by Gasteiger charge is -2.28. The van der Waals surface area contributed by atoms with Crippen LogP contribution in [0.25, 0.3) is 0 Å². The first-order chi connectivity index (χ1) is 9.52. The number of amides is 2. The largest absolute Gasteiger partial charge is 0.478 e. The fourth-order valence-corrected chi connectivity index (χ4v) is 1.81. The van der Waals surface area contributed by atoms with Crippen molar-refractivity contribution >= 4 is 17.7 Å². The van der Waals surface area contributed by atoms with Gasteiger partial charge in [0.05, 0.1) is 24.5 Å². The van der Waals surface area contributed by atoms with E-state index in [1.165, 1.54) is 29.0 Å². The third-order valence-corrected chi connectivity index (χ3v) is 2.79. The molecule has 1 aromatic carbocycles. The minimum absolute atomic E-state index is 0.0105. The first-order valence-corrected chi connectivity index (χ1v) is 6.09. The van der Waals surface area contributed by atoms with E-state index in [0.717, 1.165) is 0 Å². The molecule has 1 aromatic rings. The summed E-state index contributed by atoms with van der Waals surface area (Å²) >= 11 is 0. The highest BCUT2D eigenvalue weighted by Gasteiger charge is 2.22. The number of para-hydroxylation sites is 1. The van der Waals surface area contributed by atoms with E-state index < -0.39 is 12.0 Å². The van der Waals surface area contributed by atoms with Gasteiger partial charge in [-0.15, -0.1) is 0 Å². The molecule has 0 bridgehead atoms. The zero-order valence-corrected chi connectivity index (χ0v) is 11.2. The van der Waals surface area contributed by atoms with Gasteiger partial charge in [-0.2, -0.15) is 0 Å². The summed E-state index contributed by atoms with van der Waals surface area (Å²) in [5.74, 6) is -1.13. The number of hydrogen-bond donors (Lipinski definition) is 3. The van der Waals surface area contributed by atoms with Gasteiger partial charge in [-0.1, -0.05) is 12.1 Å². The molecule has 0 unspecified atom stereocenters. The van der Waals surface area contributed by atoms with E-state index in [-0.39, 0.29) is 37.6 Å². The lowest BCUT2D eigenvalue weighted by Crippen LogP contribution is -2.44. The van der Waals surface area contributed by atoms with Crippen LogP contribution in [0.2, 0.25) is 0 Å². The summed E-state index contributed by atoms with van der Waals surface area (Å²) in [5.41, 5.74) is 0.266. The normalized spacial score (nSPS) is 10.2. The minimum Gasteiger partial charge on any atom is -0.478 e. The molecule has 0 radical (unpaired) electrons. The lowest BCUT2D eigenvalue weighted by atomic mass is 10.1. The molecule has 20 heavy (non-hydrogen) atoms. The Hall–Kier alpha value is -2.12. The second-order valence-electron chi connectivity index (χ2n) is 4.10. The third-order valence-electron chi connectivity index (χ3n) is 2.79. The Morgan fingerprint density at radius 1 is 1.10 bits per heavy atom. The molecule has 0 fully saturated rings. The molecule has 0 aliphatic rings. The zero-order valence-electron chi connectivity index (χ0n) is 11.2. The summed E-state index contributed by atoms with van der Waals surface area (Å²) in [7, 11) is 1.45. The monoisotopic (exact) mass is 282 g/mol. The topological polar surface area (TPSA) is 101 Å². The van der Waals surface area contributed by atoms with Crippen LogP contribution in [-0.2, 0) is 0 Å². The van der Waals surface area contributed by atoms with Gasteiger partial charge < -0.3 is 20.2 Å². The van der Waals surface area contributed by atoms with Gasteiger partial charge in [-0.05, 0) is 12.1 Å². The van der Waals surface area contributed by atoms with Crippen LogP contribution < -0.4 is 4.90 Å². The van der Waals surface area contributed by atoms with Crippen molar-refractivity contribution in [3.63, 3.8) is 0 Å². The van der Waals surface area contributed by atoms with Crippen molar-refractivity contribution in [2.75, 3.05) is 38.3 Å². The number of carbonyl (C=O) groups excluding carboxylic acids is 1. The maximum atomic E-state index is 12.2. The summed E-state index contributed by atoms with van der Waals surface area (Å²) in [6.45, 7) is -0.335. The molecule has 7 nitrogen and oxygen atoms in total. The van der Waals surface area contributed by atoms with E-state index in [0.29, 0.717) is 0 Å². The van der Waals surface area contributed by atoms with Crippen molar-refractivity contribution in [2.45, 2.75) is 0 Å². The van der Waals surface area contributed by atoms with E-state index in [4.69, 9.17) is 15.3 Å². The molecule has 0 saturated carbocycles. The molecular weight excluding hydrogens is 264 g/mol. The Bertz CT molecular complexity index is 472. The number of benzene rings is 1. The molecule has 1 rings (SSSR count). The number of hydrogen-bond acceptors (Lipinski definition) is 4. The van der Waals surface area contributed by atoms with Gasteiger partial charge in [-0.3, -0.25) is 4.90 Å². The highest BCUT2D eigenvalue weighted by molar-refractivity contribution is 6.01. The van der Waals surface area contributed by atoms with Crippen LogP contribution in [0, 0.1) is 0 Å². The van der Waals surface area contributed by atoms with Crippen LogP contribution in [0.15, 0.2) is 24.3 Å². The number of aliphatic hydroxyl groups excluding tert-OH is 2. The summed E-state index contributed by atoms with van der Waals surface area (Å²) in [5, 5.41) is 26.9. The number of carboxylic acids is 1. The van der Waals surface area contributed by atoms with E-state index >= 15 is 0 Å². The first kappa shape index (κ1) is 15.9. The maximum absolute atomic E-state index is 12.2. The second-order valence-corrected chi connectivity index (χ2v) is 4.10. The molecule has 0 saturated heterocycles. The molecule has 0 spiro atoms. The molecule has 0 atom stereocenters. The van der Waals surface area contributed by atoms with E-state index in [2.05, 4.69) is 0 Å². The highest BCUT2D eigenvalue weighted by Crippen LogP contribution is 2.20. The number of urea groups is 1. The van der Waals surface area contributed by atoms with Gasteiger partial charge in [-0.25, -0.2) is 9.59 Å². The number of rotatable bonds is 6. The number of carboxylic acid groups (broad SMARTS) is 1. The SMILES string of the molecule is CN(C(=O)N(CCO)CCO)c1ccccc1C(=O)O. The predicted molar refractivity (Wildman–Crippen MR) is 72.9 cm³/mol. The Labute approximate surface area is 116 Å². The smallest absolute Gasteiger partial charge is 0.337 e. The maximum Gasteiger partial charge on any atom is 0.337 e. The van der Waals surface area contributed by atoms with Gasteiger partial charge in [0.2, 0.25) is 0 Å². The number of aromatic carboxylic acids is 1. The standard InChI is InChI=1S/C13H18N2O5/c1-14(13(20)15(6-8-16)7-9-17)11-5-3-2-4-10(11)12(18)19/h2-5,16-17H,6-9H2,1H3,(H,18,19). The Balaban J connectivity index is 3.01. The Kier molecular flexibility index (Phi) is 5.95. The summed E-state index contributed by atoms with van der Waals surface area (Å²) in [4.78, 5) is 25.8. The van der Waals surface area contributed by atoms with Crippen molar-refractivity contribution in [3.05, 3.63) is 29.8 Å².